The van der Waals surface area contributed by atoms with Gasteiger partial charge in [-0.15, -0.1) is 0 Å². The number of unbranched alkanes of at least 4 members (excludes halogenated alkanes) is 8. The summed E-state index contributed by atoms with van der Waals surface area (Å²) in [5.41, 5.74) is 0. The molecule has 0 aliphatic carbocycles. The molecular formula is C32H57O15-. The van der Waals surface area contributed by atoms with Crippen LogP contribution in [0, 0.1) is 0 Å². The van der Waals surface area contributed by atoms with Gasteiger partial charge in [0.25, 0.3) is 0 Å². The van der Waals surface area contributed by atoms with Crippen molar-refractivity contribution in [3.63, 3.8) is 0 Å². The molecule has 0 aromatic heterocycles. The van der Waals surface area contributed by atoms with Crippen LogP contribution >= 0.6 is 0 Å². The van der Waals surface area contributed by atoms with E-state index in [1.54, 1.807) is 0 Å². The molecule has 15 nitrogen and oxygen atoms in total. The van der Waals surface area contributed by atoms with Crippen LogP contribution in [-0.4, -0.2) is 135 Å². The van der Waals surface area contributed by atoms with Crippen molar-refractivity contribution in [2.75, 3.05) is 13.2 Å². The second kappa shape index (κ2) is 22.3. The van der Waals surface area contributed by atoms with Crippen LogP contribution in [0.25, 0.3) is 0 Å². The smallest absolute Gasteiger partial charge is 0.308 e. The predicted molar refractivity (Wildman–Crippen MR) is 162 cm³/mol. The largest absolute Gasteiger partial charge is 0.550 e. The Morgan fingerprint density at radius 1 is 0.660 bits per heavy atom. The molecule has 0 spiro atoms. The average molecular weight is 682 g/mol. The monoisotopic (exact) mass is 681 g/mol. The van der Waals surface area contributed by atoms with Crippen LogP contribution in [0.3, 0.4) is 0 Å². The molecule has 2 rings (SSSR count). The predicted octanol–water partition coefficient (Wildman–Crippen LogP) is -0.841. The van der Waals surface area contributed by atoms with Gasteiger partial charge in [0.1, 0.15) is 54.9 Å². The molecule has 2 fully saturated rings. The first kappa shape index (κ1) is 41.7. The van der Waals surface area contributed by atoms with Crippen molar-refractivity contribution in [1.82, 2.24) is 0 Å². The first-order valence-corrected chi connectivity index (χ1v) is 17.1. The summed E-state index contributed by atoms with van der Waals surface area (Å²) in [4.78, 5) is 24.3. The van der Waals surface area contributed by atoms with E-state index in [2.05, 4.69) is 13.8 Å². The van der Waals surface area contributed by atoms with E-state index >= 15 is 0 Å². The minimum absolute atomic E-state index is 0.287. The fourth-order valence-electron chi connectivity index (χ4n) is 5.84. The minimum atomic E-state index is -1.80. The molecule has 0 aromatic rings. The number of carboxylic acids is 1. The highest BCUT2D eigenvalue weighted by atomic mass is 16.7. The van der Waals surface area contributed by atoms with E-state index < -0.39 is 105 Å². The summed E-state index contributed by atoms with van der Waals surface area (Å²) in [6.07, 6.45) is -8.56. The van der Waals surface area contributed by atoms with Gasteiger partial charge in [-0.25, -0.2) is 0 Å². The lowest BCUT2D eigenvalue weighted by molar-refractivity contribution is -0.362. The van der Waals surface area contributed by atoms with E-state index in [9.17, 15) is 50.4 Å². The Morgan fingerprint density at radius 3 is 1.74 bits per heavy atom. The van der Waals surface area contributed by atoms with Crippen LogP contribution in [-0.2, 0) is 33.3 Å². The molecule has 0 bridgehead atoms. The maximum Gasteiger partial charge on any atom is 0.308 e. The first-order valence-electron chi connectivity index (χ1n) is 17.1. The van der Waals surface area contributed by atoms with Gasteiger partial charge in [-0.05, 0) is 19.3 Å². The lowest BCUT2D eigenvalue weighted by Crippen LogP contribution is -2.65. The van der Waals surface area contributed by atoms with Crippen molar-refractivity contribution in [3.05, 3.63) is 0 Å². The number of carbonyl (C=O) groups is 2. The number of hydrogen-bond acceptors (Lipinski definition) is 15. The van der Waals surface area contributed by atoms with Crippen molar-refractivity contribution >= 4 is 11.9 Å². The molecule has 276 valence electrons. The number of carbonyl (C=O) groups excluding carboxylic acids is 2. The SMILES string of the molecule is CCCCCCCC(CC(=O)[O-])OC(=O)CC(CCCCCCC)OC1OC(CO)C(OC2OC(CO)C(O)C(O)C2O)C(O)C1O. The molecule has 2 saturated heterocycles. The lowest BCUT2D eigenvalue weighted by Gasteiger charge is -2.46. The molecule has 0 saturated carbocycles. The van der Waals surface area contributed by atoms with Gasteiger partial charge < -0.3 is 69.3 Å². The van der Waals surface area contributed by atoms with Gasteiger partial charge >= 0.3 is 5.97 Å². The number of aliphatic hydroxyl groups excluding tert-OH is 7. The summed E-state index contributed by atoms with van der Waals surface area (Å²) >= 11 is 0. The topological polar surface area (TPSA) is 245 Å². The molecule has 12 atom stereocenters. The Balaban J connectivity index is 2.10. The summed E-state index contributed by atoms with van der Waals surface area (Å²) < 4.78 is 28.2. The Kier molecular flexibility index (Phi) is 19.7. The molecule has 0 radical (unpaired) electrons. The zero-order valence-electron chi connectivity index (χ0n) is 27.6. The molecule has 2 aliphatic heterocycles. The van der Waals surface area contributed by atoms with Gasteiger partial charge in [0.05, 0.1) is 25.7 Å². The number of carboxylic acid groups (broad SMARTS) is 1. The quantitative estimate of drug-likeness (QED) is 0.0513. The number of ether oxygens (including phenoxy) is 5. The van der Waals surface area contributed by atoms with Gasteiger partial charge in [0.15, 0.2) is 12.6 Å². The summed E-state index contributed by atoms with van der Waals surface area (Å²) in [6.45, 7) is 2.71. The van der Waals surface area contributed by atoms with Crippen LogP contribution in [0.1, 0.15) is 104 Å². The zero-order valence-corrected chi connectivity index (χ0v) is 27.6. The molecule has 2 aliphatic rings. The third-order valence-electron chi connectivity index (χ3n) is 8.63. The summed E-state index contributed by atoms with van der Waals surface area (Å²) in [5, 5.41) is 83.2. The molecule has 7 N–H and O–H groups in total. The third kappa shape index (κ3) is 13.7. The summed E-state index contributed by atoms with van der Waals surface area (Å²) in [7, 11) is 0. The molecular weight excluding hydrogens is 624 g/mol. The van der Waals surface area contributed by atoms with Crippen molar-refractivity contribution < 1.29 is 74.1 Å². The highest BCUT2D eigenvalue weighted by molar-refractivity contribution is 5.71. The number of aliphatic hydroxyl groups is 7. The van der Waals surface area contributed by atoms with Gasteiger partial charge in [0.2, 0.25) is 0 Å². The standard InChI is InChI=1S/C32H58O15/c1-3-5-7-9-11-13-19(15-23(35)36)43-24(37)16-20(14-12-10-8-6-4-2)44-31-29(42)27(40)30(22(18-34)46-31)47-32-28(41)26(39)25(38)21(17-33)45-32/h19-22,25-34,38-42H,3-18H2,1-2H3,(H,35,36)/p-1. The van der Waals surface area contributed by atoms with Crippen molar-refractivity contribution in [3.8, 4) is 0 Å². The Morgan fingerprint density at radius 2 is 1.19 bits per heavy atom. The fraction of sp³-hybridized carbons (Fsp3) is 0.938. The van der Waals surface area contributed by atoms with E-state index in [1.165, 1.54) is 0 Å². The average Bonchev–Trinajstić information content (AvgIpc) is 3.03. The highest BCUT2D eigenvalue weighted by Gasteiger charge is 2.51. The highest BCUT2D eigenvalue weighted by Crippen LogP contribution is 2.31. The van der Waals surface area contributed by atoms with E-state index in [-0.39, 0.29) is 6.42 Å². The maximum atomic E-state index is 13.0. The van der Waals surface area contributed by atoms with Crippen molar-refractivity contribution in [1.29, 1.82) is 0 Å². The van der Waals surface area contributed by atoms with Crippen molar-refractivity contribution in [2.24, 2.45) is 0 Å². The Bertz CT molecular complexity index is 873. The molecule has 47 heavy (non-hydrogen) atoms. The minimum Gasteiger partial charge on any atom is -0.550 e. The molecule has 2 heterocycles. The van der Waals surface area contributed by atoms with Crippen LogP contribution in [0.2, 0.25) is 0 Å². The van der Waals surface area contributed by atoms with Gasteiger partial charge in [0, 0.05) is 12.4 Å². The van der Waals surface area contributed by atoms with E-state index in [4.69, 9.17) is 23.7 Å². The lowest BCUT2D eigenvalue weighted by atomic mass is 9.97. The van der Waals surface area contributed by atoms with Crippen LogP contribution in [0.4, 0.5) is 0 Å². The van der Waals surface area contributed by atoms with Gasteiger partial charge in [-0.3, -0.25) is 4.79 Å². The summed E-state index contributed by atoms with van der Waals surface area (Å²) in [6, 6.07) is 0. The van der Waals surface area contributed by atoms with Gasteiger partial charge in [-0.2, -0.15) is 0 Å². The number of esters is 1. The first-order chi connectivity index (χ1) is 22.5. The van der Waals surface area contributed by atoms with Crippen molar-refractivity contribution in [2.45, 2.75) is 177 Å². The van der Waals surface area contributed by atoms with Gasteiger partial charge in [-0.1, -0.05) is 71.6 Å². The second-order valence-electron chi connectivity index (χ2n) is 12.6. The Labute approximate surface area is 276 Å². The summed E-state index contributed by atoms with van der Waals surface area (Å²) in [5.74, 6) is -2.03. The van der Waals surface area contributed by atoms with E-state index in [1.807, 2.05) is 0 Å². The van der Waals surface area contributed by atoms with Crippen LogP contribution < -0.4 is 5.11 Å². The number of aliphatic carboxylic acids is 1. The molecule has 12 unspecified atom stereocenters. The second-order valence-corrected chi connectivity index (χ2v) is 12.6. The Hall–Kier alpha value is -1.50. The van der Waals surface area contributed by atoms with Crippen LogP contribution in [0.15, 0.2) is 0 Å². The fourth-order valence-corrected chi connectivity index (χ4v) is 5.84. The number of hydrogen-bond donors (Lipinski definition) is 7. The molecule has 0 aromatic carbocycles. The molecule has 15 heteroatoms. The maximum absolute atomic E-state index is 13.0. The van der Waals surface area contributed by atoms with E-state index in [0.717, 1.165) is 51.4 Å². The normalized spacial score (nSPS) is 32.5. The zero-order chi connectivity index (χ0) is 34.9. The van der Waals surface area contributed by atoms with E-state index in [0.29, 0.717) is 25.7 Å². The van der Waals surface area contributed by atoms with Crippen LogP contribution in [0.5, 0.6) is 0 Å². The third-order valence-corrected chi connectivity index (χ3v) is 8.63. The molecule has 0 amide bonds. The number of rotatable bonds is 23.